The number of methoxy groups -OCH3 is 1. The first-order valence-corrected chi connectivity index (χ1v) is 5.47. The summed E-state index contributed by atoms with van der Waals surface area (Å²) in [7, 11) is 1.60. The third-order valence-electron chi connectivity index (χ3n) is 2.60. The van der Waals surface area contributed by atoms with Crippen LogP contribution in [0.2, 0.25) is 0 Å². The topological polar surface area (TPSA) is 82.2 Å². The molecule has 1 unspecified atom stereocenters. The molecular formula is C11H20N4O2. The minimum atomic E-state index is -0.730. The lowest BCUT2D eigenvalue weighted by molar-refractivity contribution is -0.129. The molecule has 0 radical (unpaired) electrons. The Morgan fingerprint density at radius 3 is 2.82 bits per heavy atom. The van der Waals surface area contributed by atoms with Crippen molar-refractivity contribution in [3.63, 3.8) is 0 Å². The van der Waals surface area contributed by atoms with Gasteiger partial charge in [0.25, 0.3) is 0 Å². The molecule has 0 aliphatic carbocycles. The van der Waals surface area contributed by atoms with Crippen molar-refractivity contribution in [1.29, 1.82) is 0 Å². The highest BCUT2D eigenvalue weighted by atomic mass is 16.5. The smallest absolute Gasteiger partial charge is 0.245 e. The minimum Gasteiger partial charge on any atom is -0.383 e. The summed E-state index contributed by atoms with van der Waals surface area (Å²) in [6, 6.07) is -0.0346. The van der Waals surface area contributed by atoms with E-state index in [1.54, 1.807) is 24.2 Å². The second-order valence-electron chi connectivity index (χ2n) is 4.59. The van der Waals surface area contributed by atoms with Gasteiger partial charge in [0.1, 0.15) is 11.4 Å². The highest BCUT2D eigenvalue weighted by Gasteiger charge is 2.30. The lowest BCUT2D eigenvalue weighted by Crippen LogP contribution is -2.48. The molecule has 1 rings (SSSR count). The van der Waals surface area contributed by atoms with Gasteiger partial charge in [0.05, 0.1) is 12.9 Å². The van der Waals surface area contributed by atoms with Crippen molar-refractivity contribution < 1.29 is 9.53 Å². The molecule has 0 bridgehead atoms. The highest BCUT2D eigenvalue weighted by molar-refractivity contribution is 5.83. The lowest BCUT2D eigenvalue weighted by Gasteiger charge is -2.27. The monoisotopic (exact) mass is 240 g/mol. The number of nitrogens with zero attached hydrogens (tertiary/aromatic N) is 2. The van der Waals surface area contributed by atoms with Gasteiger partial charge in [0.2, 0.25) is 5.91 Å². The summed E-state index contributed by atoms with van der Waals surface area (Å²) in [5.41, 5.74) is 4.81. The molecule has 0 aromatic carbocycles. The van der Waals surface area contributed by atoms with Crippen LogP contribution < -0.4 is 11.1 Å². The van der Waals surface area contributed by atoms with Gasteiger partial charge in [-0.05, 0) is 20.8 Å². The molecule has 17 heavy (non-hydrogen) atoms. The van der Waals surface area contributed by atoms with Gasteiger partial charge in [0.15, 0.2) is 0 Å². The van der Waals surface area contributed by atoms with Gasteiger partial charge in [-0.2, -0.15) is 0 Å². The van der Waals surface area contributed by atoms with E-state index in [-0.39, 0.29) is 11.9 Å². The number of anilines is 1. The SMILES string of the molecule is COCC(C)NC(=O)C(C)(C)n1cnc(N)c1. The molecule has 1 heterocycles. The highest BCUT2D eigenvalue weighted by Crippen LogP contribution is 2.16. The lowest BCUT2D eigenvalue weighted by atomic mass is 10.0. The Balaban J connectivity index is 2.73. The zero-order valence-corrected chi connectivity index (χ0v) is 10.7. The summed E-state index contributed by atoms with van der Waals surface area (Å²) in [5, 5.41) is 2.88. The summed E-state index contributed by atoms with van der Waals surface area (Å²) in [4.78, 5) is 16.0. The van der Waals surface area contributed by atoms with Crippen LogP contribution >= 0.6 is 0 Å². The molecular weight excluding hydrogens is 220 g/mol. The fourth-order valence-corrected chi connectivity index (χ4v) is 1.45. The van der Waals surface area contributed by atoms with Crippen molar-refractivity contribution in [1.82, 2.24) is 14.9 Å². The molecule has 1 aromatic heterocycles. The van der Waals surface area contributed by atoms with Gasteiger partial charge in [-0.15, -0.1) is 0 Å². The van der Waals surface area contributed by atoms with Crippen LogP contribution in [0.15, 0.2) is 12.5 Å². The molecule has 0 spiro atoms. The number of nitrogen functional groups attached to an aromatic ring is 1. The third kappa shape index (κ3) is 3.20. The normalized spacial score (nSPS) is 13.4. The van der Waals surface area contributed by atoms with Crippen LogP contribution in [0.3, 0.4) is 0 Å². The van der Waals surface area contributed by atoms with E-state index in [0.717, 1.165) is 0 Å². The maximum Gasteiger partial charge on any atom is 0.245 e. The van der Waals surface area contributed by atoms with Crippen molar-refractivity contribution in [2.45, 2.75) is 32.4 Å². The second kappa shape index (κ2) is 5.18. The fraction of sp³-hybridized carbons (Fsp3) is 0.636. The molecule has 3 N–H and O–H groups in total. The number of carbonyl (C=O) groups excluding carboxylic acids is 1. The zero-order chi connectivity index (χ0) is 13.1. The predicted octanol–water partition coefficient (Wildman–Crippen LogP) is 0.352. The van der Waals surface area contributed by atoms with Crippen LogP contribution in [0, 0.1) is 0 Å². The number of ether oxygens (including phenoxy) is 1. The summed E-state index contributed by atoms with van der Waals surface area (Å²) in [5.74, 6) is 0.301. The van der Waals surface area contributed by atoms with Crippen LogP contribution in [-0.4, -0.2) is 35.2 Å². The Labute approximate surface area is 101 Å². The van der Waals surface area contributed by atoms with E-state index in [1.807, 2.05) is 20.8 Å². The number of nitrogens with one attached hydrogen (secondary N) is 1. The molecule has 6 heteroatoms. The summed E-state index contributed by atoms with van der Waals surface area (Å²) in [6.07, 6.45) is 3.19. The van der Waals surface area contributed by atoms with Crippen molar-refractivity contribution in [2.75, 3.05) is 19.5 Å². The summed E-state index contributed by atoms with van der Waals surface area (Å²) >= 11 is 0. The van der Waals surface area contributed by atoms with Gasteiger partial charge >= 0.3 is 0 Å². The Bertz CT molecular complexity index is 387. The van der Waals surface area contributed by atoms with E-state index in [2.05, 4.69) is 10.3 Å². The van der Waals surface area contributed by atoms with E-state index in [4.69, 9.17) is 10.5 Å². The second-order valence-corrected chi connectivity index (χ2v) is 4.59. The Morgan fingerprint density at radius 2 is 2.35 bits per heavy atom. The Kier molecular flexibility index (Phi) is 4.11. The van der Waals surface area contributed by atoms with Crippen LogP contribution in [0.1, 0.15) is 20.8 Å². The zero-order valence-electron chi connectivity index (χ0n) is 10.7. The predicted molar refractivity (Wildman–Crippen MR) is 65.4 cm³/mol. The molecule has 0 aliphatic heterocycles. The molecule has 1 aromatic rings. The summed E-state index contributed by atoms with van der Waals surface area (Å²) < 4.78 is 6.66. The average Bonchev–Trinajstić information content (AvgIpc) is 2.65. The van der Waals surface area contributed by atoms with E-state index in [1.165, 1.54) is 0 Å². The molecule has 0 fully saturated rings. The number of amides is 1. The quantitative estimate of drug-likeness (QED) is 0.778. The maximum atomic E-state index is 12.1. The molecule has 0 aliphatic rings. The van der Waals surface area contributed by atoms with E-state index < -0.39 is 5.54 Å². The first-order chi connectivity index (χ1) is 7.87. The summed E-state index contributed by atoms with van der Waals surface area (Å²) in [6.45, 7) is 5.99. The molecule has 6 nitrogen and oxygen atoms in total. The standard InChI is InChI=1S/C11H20N4O2/c1-8(6-17-4)14-10(16)11(2,3)15-5-9(12)13-7-15/h5,7-8H,6,12H2,1-4H3,(H,14,16). The van der Waals surface area contributed by atoms with E-state index in [0.29, 0.717) is 12.4 Å². The number of carbonyl (C=O) groups is 1. The largest absolute Gasteiger partial charge is 0.383 e. The van der Waals surface area contributed by atoms with Crippen LogP contribution in [-0.2, 0) is 15.1 Å². The molecule has 1 amide bonds. The minimum absolute atomic E-state index is 0.0346. The molecule has 0 saturated heterocycles. The van der Waals surface area contributed by atoms with Gasteiger partial charge in [0, 0.05) is 19.3 Å². The number of rotatable bonds is 5. The van der Waals surface area contributed by atoms with Gasteiger partial charge in [-0.3, -0.25) is 4.79 Å². The van der Waals surface area contributed by atoms with Crippen molar-refractivity contribution in [3.8, 4) is 0 Å². The Morgan fingerprint density at radius 1 is 1.71 bits per heavy atom. The van der Waals surface area contributed by atoms with E-state index in [9.17, 15) is 4.79 Å². The molecule has 0 saturated carbocycles. The van der Waals surface area contributed by atoms with Gasteiger partial charge < -0.3 is 20.4 Å². The third-order valence-corrected chi connectivity index (χ3v) is 2.60. The number of aromatic nitrogens is 2. The molecule has 1 atom stereocenters. The first-order valence-electron chi connectivity index (χ1n) is 5.47. The van der Waals surface area contributed by atoms with Gasteiger partial charge in [-0.1, -0.05) is 0 Å². The van der Waals surface area contributed by atoms with Gasteiger partial charge in [-0.25, -0.2) is 4.98 Å². The van der Waals surface area contributed by atoms with Crippen molar-refractivity contribution >= 4 is 11.7 Å². The number of hydrogen-bond acceptors (Lipinski definition) is 4. The van der Waals surface area contributed by atoms with Crippen LogP contribution in [0.5, 0.6) is 0 Å². The average molecular weight is 240 g/mol. The Hall–Kier alpha value is -1.56. The maximum absolute atomic E-state index is 12.1. The number of nitrogens with two attached hydrogens (primary N) is 1. The fourth-order valence-electron chi connectivity index (χ4n) is 1.45. The molecule has 96 valence electrons. The van der Waals surface area contributed by atoms with Crippen LogP contribution in [0.25, 0.3) is 0 Å². The first kappa shape index (κ1) is 13.5. The van der Waals surface area contributed by atoms with E-state index >= 15 is 0 Å². The van der Waals surface area contributed by atoms with Crippen LogP contribution in [0.4, 0.5) is 5.82 Å². The number of imidazole rings is 1. The van der Waals surface area contributed by atoms with Crippen molar-refractivity contribution in [3.05, 3.63) is 12.5 Å². The number of hydrogen-bond donors (Lipinski definition) is 2. The van der Waals surface area contributed by atoms with Crippen molar-refractivity contribution in [2.24, 2.45) is 0 Å².